The number of nitrogens with one attached hydrogen (secondary N) is 1. The van der Waals surface area contributed by atoms with Crippen molar-refractivity contribution in [2.24, 2.45) is 0 Å². The van der Waals surface area contributed by atoms with E-state index in [9.17, 15) is 0 Å². The highest BCUT2D eigenvalue weighted by molar-refractivity contribution is 5.78. The molecule has 1 aromatic carbocycles. The Kier molecular flexibility index (Phi) is 5.02. The molecule has 0 unspecified atom stereocenters. The lowest BCUT2D eigenvalue weighted by molar-refractivity contribution is 0.630. The van der Waals surface area contributed by atoms with Crippen molar-refractivity contribution in [3.05, 3.63) is 66.6 Å². The molecular weight excluding hydrogens is 324 g/mol. The molecule has 0 atom stereocenters. The van der Waals surface area contributed by atoms with Gasteiger partial charge in [0, 0.05) is 11.7 Å². The molecule has 3 N–H and O–H groups in total. The van der Waals surface area contributed by atoms with E-state index < -0.39 is 0 Å². The lowest BCUT2D eigenvalue weighted by Gasteiger charge is -2.27. The fraction of sp³-hybridized carbons (Fsp3) is 0.250. The van der Waals surface area contributed by atoms with E-state index in [1.54, 1.807) is 6.20 Å². The highest BCUT2D eigenvalue weighted by Gasteiger charge is 2.20. The molecule has 0 aliphatic carbocycles. The number of aromatic nitrogens is 3. The van der Waals surface area contributed by atoms with Crippen LogP contribution >= 0.6 is 0 Å². The highest BCUT2D eigenvalue weighted by atomic mass is 15.3. The van der Waals surface area contributed by atoms with Crippen LogP contribution in [0.3, 0.4) is 0 Å². The van der Waals surface area contributed by atoms with Crippen molar-refractivity contribution in [2.45, 2.75) is 32.9 Å². The molecule has 2 heterocycles. The molecule has 0 amide bonds. The summed E-state index contributed by atoms with van der Waals surface area (Å²) >= 11 is 0. The van der Waals surface area contributed by atoms with Crippen molar-refractivity contribution < 1.29 is 0 Å². The number of anilines is 4. The van der Waals surface area contributed by atoms with Gasteiger partial charge in [0.2, 0.25) is 0 Å². The Morgan fingerprint density at radius 1 is 0.962 bits per heavy atom. The minimum Gasteiger partial charge on any atom is -0.393 e. The third-order valence-electron chi connectivity index (χ3n) is 3.72. The van der Waals surface area contributed by atoms with Gasteiger partial charge in [-0.25, -0.2) is 15.0 Å². The van der Waals surface area contributed by atoms with E-state index in [0.717, 1.165) is 11.4 Å². The summed E-state index contributed by atoms with van der Waals surface area (Å²) < 4.78 is 0. The van der Waals surface area contributed by atoms with Crippen LogP contribution in [0.4, 0.5) is 23.1 Å². The minimum atomic E-state index is -0.158. The van der Waals surface area contributed by atoms with Gasteiger partial charge in [0.1, 0.15) is 17.8 Å². The van der Waals surface area contributed by atoms with Gasteiger partial charge in [-0.15, -0.1) is 0 Å². The molecule has 0 spiro atoms. The van der Waals surface area contributed by atoms with Gasteiger partial charge in [0.15, 0.2) is 11.6 Å². The van der Waals surface area contributed by atoms with Crippen molar-refractivity contribution in [1.29, 1.82) is 0 Å². The Balaban J connectivity index is 2.03. The molecule has 3 aromatic rings. The molecular formula is C20H24N6. The first kappa shape index (κ1) is 17.7. The van der Waals surface area contributed by atoms with Crippen molar-refractivity contribution in [1.82, 2.24) is 15.0 Å². The zero-order valence-electron chi connectivity index (χ0n) is 15.3. The molecule has 26 heavy (non-hydrogen) atoms. The van der Waals surface area contributed by atoms with Crippen molar-refractivity contribution in [3.8, 4) is 0 Å². The van der Waals surface area contributed by atoms with Gasteiger partial charge in [0.25, 0.3) is 0 Å². The topological polar surface area (TPSA) is 80.0 Å². The van der Waals surface area contributed by atoms with E-state index in [4.69, 9.17) is 5.73 Å². The fourth-order valence-corrected chi connectivity index (χ4v) is 2.60. The summed E-state index contributed by atoms with van der Waals surface area (Å²) in [6.07, 6.45) is 3.29. The number of nitrogens with two attached hydrogens (primary N) is 1. The summed E-state index contributed by atoms with van der Waals surface area (Å²) in [6, 6.07) is 16.0. The molecule has 6 nitrogen and oxygen atoms in total. The van der Waals surface area contributed by atoms with Gasteiger partial charge in [-0.1, -0.05) is 36.4 Å². The average molecular weight is 348 g/mol. The van der Waals surface area contributed by atoms with Crippen molar-refractivity contribution >= 4 is 23.1 Å². The van der Waals surface area contributed by atoms with Gasteiger partial charge >= 0.3 is 0 Å². The van der Waals surface area contributed by atoms with Gasteiger partial charge in [-0.2, -0.15) is 0 Å². The average Bonchev–Trinajstić information content (AvgIpc) is 2.62. The second-order valence-electron chi connectivity index (χ2n) is 7.09. The van der Waals surface area contributed by atoms with E-state index in [0.29, 0.717) is 23.9 Å². The molecule has 6 heteroatoms. The maximum absolute atomic E-state index is 6.43. The highest BCUT2D eigenvalue weighted by Crippen LogP contribution is 2.33. The normalized spacial score (nSPS) is 11.2. The second-order valence-corrected chi connectivity index (χ2v) is 7.09. The Morgan fingerprint density at radius 3 is 2.35 bits per heavy atom. The number of benzene rings is 1. The van der Waals surface area contributed by atoms with E-state index in [2.05, 4.69) is 53.2 Å². The van der Waals surface area contributed by atoms with Crippen LogP contribution < -0.4 is 16.0 Å². The minimum absolute atomic E-state index is 0.158. The third kappa shape index (κ3) is 4.27. The molecule has 0 saturated heterocycles. The molecule has 0 aliphatic heterocycles. The van der Waals surface area contributed by atoms with Gasteiger partial charge in [0.05, 0.1) is 6.54 Å². The summed E-state index contributed by atoms with van der Waals surface area (Å²) in [7, 11) is 0. The van der Waals surface area contributed by atoms with Crippen LogP contribution in [0.2, 0.25) is 0 Å². The predicted molar refractivity (Wildman–Crippen MR) is 106 cm³/mol. The summed E-state index contributed by atoms with van der Waals surface area (Å²) in [5.74, 6) is 2.04. The van der Waals surface area contributed by atoms with Gasteiger partial charge in [-0.05, 0) is 38.5 Å². The molecule has 0 fully saturated rings. The quantitative estimate of drug-likeness (QED) is 0.725. The zero-order valence-corrected chi connectivity index (χ0v) is 15.3. The van der Waals surface area contributed by atoms with E-state index in [1.807, 2.05) is 41.3 Å². The van der Waals surface area contributed by atoms with Crippen molar-refractivity contribution in [2.75, 3.05) is 16.0 Å². The zero-order chi connectivity index (χ0) is 18.6. The van der Waals surface area contributed by atoms with Crippen molar-refractivity contribution in [3.63, 3.8) is 0 Å². The predicted octanol–water partition coefficient (Wildman–Crippen LogP) is 4.00. The lowest BCUT2D eigenvalue weighted by Crippen LogP contribution is -2.28. The summed E-state index contributed by atoms with van der Waals surface area (Å²) in [5.41, 5.74) is 7.91. The Bertz CT molecular complexity index is 843. The maximum atomic E-state index is 6.43. The first-order valence-corrected chi connectivity index (χ1v) is 8.55. The van der Waals surface area contributed by atoms with Crippen LogP contribution in [-0.4, -0.2) is 20.5 Å². The monoisotopic (exact) mass is 348 g/mol. The first-order valence-electron chi connectivity index (χ1n) is 8.55. The summed E-state index contributed by atoms with van der Waals surface area (Å²) in [5, 5.41) is 3.34. The van der Waals surface area contributed by atoms with Crippen LogP contribution in [0.5, 0.6) is 0 Å². The van der Waals surface area contributed by atoms with Crippen LogP contribution in [0.1, 0.15) is 26.3 Å². The first-order chi connectivity index (χ1) is 12.4. The third-order valence-corrected chi connectivity index (χ3v) is 3.72. The number of pyridine rings is 1. The SMILES string of the molecule is CC(C)(C)Nc1ncnc(N(Cc2ccccc2)c2ccccn2)c1N. The van der Waals surface area contributed by atoms with E-state index >= 15 is 0 Å². The van der Waals surface area contributed by atoms with Crippen LogP contribution in [0, 0.1) is 0 Å². The van der Waals surface area contributed by atoms with Gasteiger partial charge in [-0.3, -0.25) is 0 Å². The Labute approximate surface area is 154 Å². The molecule has 0 radical (unpaired) electrons. The maximum Gasteiger partial charge on any atom is 0.163 e. The van der Waals surface area contributed by atoms with Gasteiger partial charge < -0.3 is 16.0 Å². The number of hydrogen-bond donors (Lipinski definition) is 2. The Morgan fingerprint density at radius 2 is 1.69 bits per heavy atom. The Hall–Kier alpha value is -3.15. The number of nitrogens with zero attached hydrogens (tertiary/aromatic N) is 4. The second kappa shape index (κ2) is 7.39. The molecule has 134 valence electrons. The lowest BCUT2D eigenvalue weighted by atomic mass is 10.1. The standard InChI is InChI=1S/C20H24N6/c1-20(2,3)25-18-17(21)19(24-14-23-18)26(16-11-7-8-12-22-16)13-15-9-5-4-6-10-15/h4-12,14H,13,21H2,1-3H3,(H,23,24,25). The van der Waals surface area contributed by atoms with E-state index in [-0.39, 0.29) is 5.54 Å². The van der Waals surface area contributed by atoms with Crippen LogP contribution in [0.15, 0.2) is 61.1 Å². The molecule has 0 bridgehead atoms. The van der Waals surface area contributed by atoms with E-state index in [1.165, 1.54) is 6.33 Å². The largest absolute Gasteiger partial charge is 0.393 e. The summed E-state index contributed by atoms with van der Waals surface area (Å²) in [4.78, 5) is 15.3. The molecule has 0 saturated carbocycles. The number of nitrogen functional groups attached to an aromatic ring is 1. The molecule has 3 rings (SSSR count). The smallest absolute Gasteiger partial charge is 0.163 e. The molecule has 2 aromatic heterocycles. The number of hydrogen-bond acceptors (Lipinski definition) is 6. The summed E-state index contributed by atoms with van der Waals surface area (Å²) in [6.45, 7) is 6.80. The fourth-order valence-electron chi connectivity index (χ4n) is 2.60. The molecule has 0 aliphatic rings. The van der Waals surface area contributed by atoms with Crippen LogP contribution in [-0.2, 0) is 6.54 Å². The number of rotatable bonds is 5. The van der Waals surface area contributed by atoms with Crippen LogP contribution in [0.25, 0.3) is 0 Å².